The predicted octanol–water partition coefficient (Wildman–Crippen LogP) is 5.24. The van der Waals surface area contributed by atoms with Crippen LogP contribution in [0.5, 0.6) is 5.75 Å². The third-order valence-corrected chi connectivity index (χ3v) is 11.4. The molecule has 0 radical (unpaired) electrons. The van der Waals surface area contributed by atoms with Gasteiger partial charge in [-0.3, -0.25) is 9.69 Å². The number of halogens is 1. The number of nitrogens with zero attached hydrogens (tertiary/aromatic N) is 7. The van der Waals surface area contributed by atoms with Gasteiger partial charge in [0, 0.05) is 54.3 Å². The smallest absolute Gasteiger partial charge is 0.355 e. The first-order valence-electron chi connectivity index (χ1n) is 17.8. The van der Waals surface area contributed by atoms with E-state index in [4.69, 9.17) is 4.74 Å². The number of aryl methyl sites for hydroxylation is 1. The lowest BCUT2D eigenvalue weighted by molar-refractivity contribution is -0.131. The summed E-state index contributed by atoms with van der Waals surface area (Å²) in [4.78, 5) is 40.1. The van der Waals surface area contributed by atoms with Gasteiger partial charge in [0.25, 0.3) is 0 Å². The van der Waals surface area contributed by atoms with Crippen LogP contribution < -0.4 is 20.3 Å². The lowest BCUT2D eigenvalue weighted by Gasteiger charge is -2.33. The lowest BCUT2D eigenvalue weighted by atomic mass is 10.0. The number of hydrogen-bond donors (Lipinski definition) is 3. The molecule has 2 aliphatic rings. The fourth-order valence-electron chi connectivity index (χ4n) is 6.48. The molecule has 280 valence electrons. The second-order valence-corrected chi connectivity index (χ2v) is 15.1. The molecule has 54 heavy (non-hydrogen) atoms. The highest BCUT2D eigenvalue weighted by atomic mass is 32.1. The van der Waals surface area contributed by atoms with Gasteiger partial charge in [-0.25, -0.2) is 19.2 Å². The molecule has 0 bridgehead atoms. The Balaban J connectivity index is 0.939. The molecule has 0 saturated carbocycles. The molecule has 16 heteroatoms. The number of nitrogens with one attached hydrogen (secondary N) is 2. The van der Waals surface area contributed by atoms with Crippen LogP contribution in [-0.4, -0.2) is 106 Å². The van der Waals surface area contributed by atoms with Gasteiger partial charge >= 0.3 is 5.97 Å². The number of hydrogen-bond acceptors (Lipinski definition) is 13. The third-order valence-electron chi connectivity index (χ3n) is 9.35. The van der Waals surface area contributed by atoms with Crippen molar-refractivity contribution in [3.8, 4) is 17.6 Å². The molecule has 0 unspecified atom stereocenters. The van der Waals surface area contributed by atoms with E-state index in [9.17, 15) is 19.1 Å². The van der Waals surface area contributed by atoms with Crippen LogP contribution in [0, 0.1) is 24.6 Å². The number of ether oxygens (including phenoxy) is 1. The van der Waals surface area contributed by atoms with Gasteiger partial charge in [-0.2, -0.15) is 0 Å². The molecule has 13 nitrogen and oxygen atoms in total. The van der Waals surface area contributed by atoms with Gasteiger partial charge in [-0.15, -0.1) is 21.5 Å². The average Bonchev–Trinajstić information content (AvgIpc) is 3.80. The summed E-state index contributed by atoms with van der Waals surface area (Å²) >= 11 is 2.87. The number of carboxylic acid groups (broad SMARTS) is 1. The number of aromatic nitrogens is 4. The summed E-state index contributed by atoms with van der Waals surface area (Å²) in [6, 6.07) is 12.6. The summed E-state index contributed by atoms with van der Waals surface area (Å²) in [7, 11) is 1.76. The van der Waals surface area contributed by atoms with Crippen LogP contribution in [0.3, 0.4) is 0 Å². The highest BCUT2D eigenvalue weighted by molar-refractivity contribution is 7.22. The quantitative estimate of drug-likeness (QED) is 0.113. The first-order chi connectivity index (χ1) is 26.3. The van der Waals surface area contributed by atoms with Gasteiger partial charge in [-0.05, 0) is 70.0 Å². The lowest BCUT2D eigenvalue weighted by Crippen LogP contribution is -2.50. The highest BCUT2D eigenvalue weighted by Crippen LogP contribution is 2.39. The number of rotatable bonds is 12. The van der Waals surface area contributed by atoms with Crippen LogP contribution in [0.1, 0.15) is 44.9 Å². The van der Waals surface area contributed by atoms with E-state index in [0.717, 1.165) is 52.4 Å². The van der Waals surface area contributed by atoms with E-state index in [2.05, 4.69) is 47.5 Å². The minimum absolute atomic E-state index is 0.000744. The number of fused-ring (bicyclic) bond motifs is 2. The Hall–Kier alpha value is -5.21. The van der Waals surface area contributed by atoms with E-state index >= 15 is 0 Å². The number of carbonyl (C=O) groups excluding carboxylic acids is 1. The predicted molar refractivity (Wildman–Crippen MR) is 208 cm³/mol. The van der Waals surface area contributed by atoms with E-state index in [1.807, 2.05) is 41.0 Å². The van der Waals surface area contributed by atoms with Crippen LogP contribution in [0.4, 0.5) is 26.3 Å². The summed E-state index contributed by atoms with van der Waals surface area (Å²) in [5, 5.41) is 26.6. The maximum atomic E-state index is 14.9. The molecule has 0 atom stereocenters. The van der Waals surface area contributed by atoms with E-state index in [0.29, 0.717) is 72.8 Å². The molecule has 3 aromatic heterocycles. The Labute approximate surface area is 320 Å². The molecule has 5 aromatic rings. The molecule has 7 rings (SSSR count). The molecule has 5 heterocycles. The monoisotopic (exact) mass is 769 g/mol. The number of likely N-dealkylation sites (N-methyl/N-ethyl adjacent to an activating group) is 1. The first-order valence-corrected chi connectivity index (χ1v) is 19.5. The zero-order chi connectivity index (χ0) is 37.6. The van der Waals surface area contributed by atoms with Crippen LogP contribution in [-0.2, 0) is 17.6 Å². The summed E-state index contributed by atoms with van der Waals surface area (Å²) < 4.78 is 21.7. The normalized spacial score (nSPS) is 14.4. The number of aromatic carboxylic acids is 1. The van der Waals surface area contributed by atoms with Crippen molar-refractivity contribution in [1.82, 2.24) is 35.3 Å². The molecule has 1 saturated heterocycles. The Kier molecular flexibility index (Phi) is 11.6. The third kappa shape index (κ3) is 8.44. The number of anilines is 4. The van der Waals surface area contributed by atoms with Crippen molar-refractivity contribution in [2.24, 2.45) is 0 Å². The number of carboxylic acids is 1. The number of benzene rings is 2. The second kappa shape index (κ2) is 16.9. The second-order valence-electron chi connectivity index (χ2n) is 13.0. The first kappa shape index (κ1) is 37.1. The summed E-state index contributed by atoms with van der Waals surface area (Å²) in [5.41, 5.74) is 3.47. The molecule has 1 amide bonds. The number of carbonyl (C=O) groups is 2. The summed E-state index contributed by atoms with van der Waals surface area (Å²) in [5.74, 6) is 6.03. The fraction of sp³-hybridized carbons (Fsp3) is 0.368. The largest absolute Gasteiger partial charge is 0.491 e. The minimum Gasteiger partial charge on any atom is -0.491 e. The van der Waals surface area contributed by atoms with Gasteiger partial charge in [0.05, 0.1) is 29.9 Å². The van der Waals surface area contributed by atoms with E-state index in [1.165, 1.54) is 17.4 Å². The molecule has 1 fully saturated rings. The van der Waals surface area contributed by atoms with E-state index in [1.54, 1.807) is 30.5 Å². The molecule has 3 N–H and O–H groups in total. The Morgan fingerprint density at radius 2 is 1.89 bits per heavy atom. The van der Waals surface area contributed by atoms with Crippen molar-refractivity contribution >= 4 is 66.7 Å². The molecular formula is C38H40FN9O4S2. The van der Waals surface area contributed by atoms with Crippen LogP contribution in [0.2, 0.25) is 0 Å². The van der Waals surface area contributed by atoms with Crippen molar-refractivity contribution in [2.45, 2.75) is 32.6 Å². The molecule has 0 spiro atoms. The van der Waals surface area contributed by atoms with Crippen molar-refractivity contribution in [3.63, 3.8) is 0 Å². The number of para-hydroxylation sites is 1. The van der Waals surface area contributed by atoms with Gasteiger partial charge in [0.1, 0.15) is 0 Å². The Bertz CT molecular complexity index is 2190. The molecule has 2 aromatic carbocycles. The molecule has 2 aliphatic heterocycles. The maximum absolute atomic E-state index is 14.9. The number of thiazole rings is 2. The van der Waals surface area contributed by atoms with Gasteiger partial charge in [0.15, 0.2) is 39.2 Å². The van der Waals surface area contributed by atoms with E-state index in [-0.39, 0.29) is 24.0 Å². The van der Waals surface area contributed by atoms with Crippen molar-refractivity contribution < 1.29 is 23.8 Å². The average molecular weight is 770 g/mol. The number of piperazine rings is 1. The Morgan fingerprint density at radius 3 is 2.67 bits per heavy atom. The van der Waals surface area contributed by atoms with Crippen LogP contribution in [0.25, 0.3) is 10.2 Å². The van der Waals surface area contributed by atoms with Crippen molar-refractivity contribution in [1.29, 1.82) is 0 Å². The van der Waals surface area contributed by atoms with Crippen LogP contribution >= 0.6 is 22.7 Å². The SMILES string of the molecule is CNCC(=O)N1CCN(CC#Cc2ccc(OCCCc3sc(N4CCCc5c4nnc(Nc4nc6ccccc6s4)c5C)nc3C(=O)O)c(F)c2)CC1. The molecule has 0 aliphatic carbocycles. The summed E-state index contributed by atoms with van der Waals surface area (Å²) in [6.07, 6.45) is 2.53. The standard InChI is InChI=1S/C38H40FN9O4S2/c1-24-26-9-6-16-48(35(26)45-44-34(24)43-37-41-28-10-3-4-11-30(28)53-37)38-42-33(36(50)51)31(54-38)12-7-21-52-29-14-13-25(22-27(29)39)8-5-15-46-17-19-47(20-18-46)32(49)23-40-2/h3-4,10-11,13-14,22,40H,6-7,9,12,15-21,23H2,1-2H3,(H,50,51)(H,41,43,44). The highest BCUT2D eigenvalue weighted by Gasteiger charge is 2.28. The van der Waals surface area contributed by atoms with Crippen molar-refractivity contribution in [2.75, 3.05) is 69.7 Å². The fourth-order valence-corrected chi connectivity index (χ4v) is 8.47. The molecular weight excluding hydrogens is 730 g/mol. The zero-order valence-electron chi connectivity index (χ0n) is 30.0. The van der Waals surface area contributed by atoms with Crippen LogP contribution in [0.15, 0.2) is 42.5 Å². The zero-order valence-corrected chi connectivity index (χ0v) is 31.7. The minimum atomic E-state index is -1.10. The topological polar surface area (TPSA) is 149 Å². The van der Waals surface area contributed by atoms with Crippen molar-refractivity contribution in [3.05, 3.63) is 75.5 Å². The maximum Gasteiger partial charge on any atom is 0.355 e. The Morgan fingerprint density at radius 1 is 1.06 bits per heavy atom. The van der Waals surface area contributed by atoms with Gasteiger partial charge < -0.3 is 30.3 Å². The van der Waals surface area contributed by atoms with Gasteiger partial charge in [-0.1, -0.05) is 35.3 Å². The summed E-state index contributed by atoms with van der Waals surface area (Å²) in [6.45, 7) is 6.53. The number of amides is 1. The van der Waals surface area contributed by atoms with E-state index < -0.39 is 11.8 Å². The van der Waals surface area contributed by atoms with Gasteiger partial charge in [0.2, 0.25) is 5.91 Å².